The highest BCUT2D eigenvalue weighted by molar-refractivity contribution is 6.76. The second kappa shape index (κ2) is 8.61. The summed E-state index contributed by atoms with van der Waals surface area (Å²) in [4.78, 5) is 23.0. The zero-order valence-electron chi connectivity index (χ0n) is 14.8. The number of carbonyl (C=O) groups excluding carboxylic acids is 1. The SMILES string of the molecule is CC[C@@H](C=O)Nc1cnn(COCC[Si](C)(C)C)c(=O)c1C(F)(F)F. The van der Waals surface area contributed by atoms with Crippen molar-refractivity contribution < 1.29 is 22.7 Å². The Morgan fingerprint density at radius 2 is 2.04 bits per heavy atom. The minimum absolute atomic E-state index is 0.281. The highest BCUT2D eigenvalue weighted by Gasteiger charge is 2.38. The van der Waals surface area contributed by atoms with Gasteiger partial charge in [-0.2, -0.15) is 18.3 Å². The topological polar surface area (TPSA) is 73.2 Å². The van der Waals surface area contributed by atoms with Crippen LogP contribution >= 0.6 is 0 Å². The largest absolute Gasteiger partial charge is 0.423 e. The van der Waals surface area contributed by atoms with Crippen molar-refractivity contribution >= 4 is 20.0 Å². The standard InChI is InChI=1S/C15H24F3N3O3Si/c1-5-11(9-22)20-12-8-19-21(10-24-6-7-25(2,3)4)14(23)13(12)15(16,17)18/h8-9,11,20H,5-7,10H2,1-4H3/t11-/m0/s1. The number of aromatic nitrogens is 2. The van der Waals surface area contributed by atoms with Crippen LogP contribution in [0.5, 0.6) is 0 Å². The Kier molecular flexibility index (Phi) is 7.36. The van der Waals surface area contributed by atoms with Crippen molar-refractivity contribution in [1.29, 1.82) is 0 Å². The number of nitrogens with zero attached hydrogens (tertiary/aromatic N) is 2. The Balaban J connectivity index is 3.03. The van der Waals surface area contributed by atoms with E-state index in [-0.39, 0.29) is 13.2 Å². The molecule has 1 atom stereocenters. The van der Waals surface area contributed by atoms with E-state index in [9.17, 15) is 22.8 Å². The van der Waals surface area contributed by atoms with Crippen molar-refractivity contribution in [2.75, 3.05) is 11.9 Å². The van der Waals surface area contributed by atoms with E-state index >= 15 is 0 Å². The monoisotopic (exact) mass is 379 g/mol. The molecule has 6 nitrogen and oxygen atoms in total. The number of hydrogen-bond donors (Lipinski definition) is 1. The van der Waals surface area contributed by atoms with Gasteiger partial charge in [0.05, 0.1) is 17.9 Å². The van der Waals surface area contributed by atoms with Crippen molar-refractivity contribution in [3.05, 3.63) is 22.1 Å². The quantitative estimate of drug-likeness (QED) is 0.406. The lowest BCUT2D eigenvalue weighted by molar-refractivity contribution is -0.138. The van der Waals surface area contributed by atoms with Gasteiger partial charge in [0.15, 0.2) is 0 Å². The average molecular weight is 379 g/mol. The summed E-state index contributed by atoms with van der Waals surface area (Å²) in [6.45, 7) is 8.06. The first-order valence-corrected chi connectivity index (χ1v) is 11.7. The van der Waals surface area contributed by atoms with Crippen molar-refractivity contribution in [3.63, 3.8) is 0 Å². The molecule has 0 saturated heterocycles. The van der Waals surface area contributed by atoms with E-state index in [1.54, 1.807) is 6.92 Å². The van der Waals surface area contributed by atoms with E-state index in [2.05, 4.69) is 30.1 Å². The van der Waals surface area contributed by atoms with Crippen LogP contribution in [-0.4, -0.2) is 36.8 Å². The summed E-state index contributed by atoms with van der Waals surface area (Å²) in [5, 5.41) is 6.13. The number of anilines is 1. The Bertz CT molecular complexity index is 642. The molecule has 0 spiro atoms. The number of aldehydes is 1. The third-order valence-corrected chi connectivity index (χ3v) is 5.19. The fourth-order valence-corrected chi connectivity index (χ4v) is 2.68. The number of halogens is 3. The summed E-state index contributed by atoms with van der Waals surface area (Å²) in [5.74, 6) is 0. The van der Waals surface area contributed by atoms with E-state index in [0.717, 1.165) is 12.2 Å². The van der Waals surface area contributed by atoms with Gasteiger partial charge in [-0.05, 0) is 12.5 Å². The molecule has 25 heavy (non-hydrogen) atoms. The minimum atomic E-state index is -4.87. The third kappa shape index (κ3) is 6.62. The number of alkyl halides is 3. The van der Waals surface area contributed by atoms with Crippen LogP contribution in [0.4, 0.5) is 18.9 Å². The Morgan fingerprint density at radius 1 is 1.40 bits per heavy atom. The van der Waals surface area contributed by atoms with Crippen LogP contribution < -0.4 is 10.9 Å². The maximum Gasteiger partial charge on any atom is 0.423 e. The molecule has 1 aromatic heterocycles. The summed E-state index contributed by atoms with van der Waals surface area (Å²) in [7, 11) is -1.34. The van der Waals surface area contributed by atoms with Gasteiger partial charge >= 0.3 is 6.18 Å². The molecule has 0 bridgehead atoms. The highest BCUT2D eigenvalue weighted by atomic mass is 28.3. The van der Waals surface area contributed by atoms with Crippen LogP contribution in [0.25, 0.3) is 0 Å². The third-order valence-electron chi connectivity index (χ3n) is 3.48. The lowest BCUT2D eigenvalue weighted by Crippen LogP contribution is -2.34. The number of ether oxygens (including phenoxy) is 1. The first-order valence-electron chi connectivity index (χ1n) is 7.96. The molecule has 0 aliphatic rings. The number of rotatable bonds is 9. The molecule has 1 heterocycles. The molecule has 0 fully saturated rings. The van der Waals surface area contributed by atoms with Crippen LogP contribution in [0.15, 0.2) is 11.0 Å². The molecule has 0 radical (unpaired) electrons. The summed E-state index contributed by atoms with van der Waals surface area (Å²) in [6.07, 6.45) is -3.20. The Hall–Kier alpha value is -1.68. The average Bonchev–Trinajstić information content (AvgIpc) is 2.48. The molecule has 1 N–H and O–H groups in total. The predicted octanol–water partition coefficient (Wildman–Crippen LogP) is 2.96. The van der Waals surface area contributed by atoms with Gasteiger partial charge in [-0.15, -0.1) is 0 Å². The van der Waals surface area contributed by atoms with Gasteiger partial charge in [0.25, 0.3) is 5.56 Å². The summed E-state index contributed by atoms with van der Waals surface area (Å²) < 4.78 is 45.8. The molecule has 0 unspecified atom stereocenters. The molecule has 0 aliphatic carbocycles. The number of carbonyl (C=O) groups is 1. The zero-order valence-corrected chi connectivity index (χ0v) is 15.8. The maximum absolute atomic E-state index is 13.3. The summed E-state index contributed by atoms with van der Waals surface area (Å²) >= 11 is 0. The molecule has 0 aliphatic heterocycles. The van der Waals surface area contributed by atoms with E-state index in [1.807, 2.05) is 0 Å². The van der Waals surface area contributed by atoms with Crippen LogP contribution in [0.1, 0.15) is 18.9 Å². The van der Waals surface area contributed by atoms with Crippen molar-refractivity contribution in [2.24, 2.45) is 0 Å². The molecule has 142 valence electrons. The van der Waals surface area contributed by atoms with Gasteiger partial charge in [-0.25, -0.2) is 4.68 Å². The predicted molar refractivity (Wildman–Crippen MR) is 91.4 cm³/mol. The first kappa shape index (κ1) is 21.4. The molecular formula is C15H24F3N3O3Si. The highest BCUT2D eigenvalue weighted by Crippen LogP contribution is 2.32. The van der Waals surface area contributed by atoms with Crippen LogP contribution in [-0.2, 0) is 22.4 Å². The first-order chi connectivity index (χ1) is 11.5. The van der Waals surface area contributed by atoms with Crippen LogP contribution in [0, 0.1) is 0 Å². The lowest BCUT2D eigenvalue weighted by atomic mass is 10.2. The van der Waals surface area contributed by atoms with Gasteiger partial charge in [-0.1, -0.05) is 26.6 Å². The summed E-state index contributed by atoms with van der Waals surface area (Å²) in [5.41, 5.74) is -3.18. The summed E-state index contributed by atoms with van der Waals surface area (Å²) in [6, 6.07) is -0.00321. The second-order valence-corrected chi connectivity index (χ2v) is 12.5. The van der Waals surface area contributed by atoms with E-state index < -0.39 is 37.1 Å². The van der Waals surface area contributed by atoms with E-state index in [1.165, 1.54) is 0 Å². The molecule has 0 amide bonds. The van der Waals surface area contributed by atoms with Crippen molar-refractivity contribution in [2.45, 2.75) is 58.0 Å². The van der Waals surface area contributed by atoms with Gasteiger partial charge in [0.2, 0.25) is 0 Å². The molecule has 1 aromatic rings. The molecular weight excluding hydrogens is 355 g/mol. The Labute approximate surface area is 145 Å². The van der Waals surface area contributed by atoms with Gasteiger partial charge in [0.1, 0.15) is 18.6 Å². The number of nitrogens with one attached hydrogen (secondary N) is 1. The van der Waals surface area contributed by atoms with Gasteiger partial charge < -0.3 is 14.8 Å². The normalized spacial score (nSPS) is 13.6. The lowest BCUT2D eigenvalue weighted by Gasteiger charge is -2.18. The van der Waals surface area contributed by atoms with Gasteiger partial charge in [0, 0.05) is 14.7 Å². The van der Waals surface area contributed by atoms with Gasteiger partial charge in [-0.3, -0.25) is 4.79 Å². The van der Waals surface area contributed by atoms with Crippen LogP contribution in [0.3, 0.4) is 0 Å². The van der Waals surface area contributed by atoms with Crippen molar-refractivity contribution in [1.82, 2.24) is 9.78 Å². The smallest absolute Gasteiger partial charge is 0.374 e. The molecule has 1 rings (SSSR count). The number of hydrogen-bond acceptors (Lipinski definition) is 5. The zero-order chi connectivity index (χ0) is 19.3. The maximum atomic E-state index is 13.3. The van der Waals surface area contributed by atoms with Crippen molar-refractivity contribution in [3.8, 4) is 0 Å². The molecule has 0 aromatic carbocycles. The molecule has 0 saturated carbocycles. The van der Waals surface area contributed by atoms with E-state index in [0.29, 0.717) is 17.6 Å². The fraction of sp³-hybridized carbons (Fsp3) is 0.667. The molecule has 10 heteroatoms. The second-order valence-electron chi connectivity index (χ2n) is 6.88. The van der Waals surface area contributed by atoms with E-state index in [4.69, 9.17) is 4.74 Å². The fourth-order valence-electron chi connectivity index (χ4n) is 1.93. The van der Waals surface area contributed by atoms with Crippen LogP contribution in [0.2, 0.25) is 25.7 Å². The Morgan fingerprint density at radius 3 is 2.52 bits per heavy atom. The minimum Gasteiger partial charge on any atom is -0.374 e.